The van der Waals surface area contributed by atoms with Crippen LogP contribution in [-0.4, -0.2) is 11.1 Å². The highest BCUT2D eigenvalue weighted by molar-refractivity contribution is 6.33. The zero-order chi connectivity index (χ0) is 15.0. The second-order valence-electron chi connectivity index (χ2n) is 4.47. The fourth-order valence-corrected chi connectivity index (χ4v) is 2.48. The number of halogens is 1. The normalized spacial score (nSPS) is 10.5. The molecule has 0 amide bonds. The Bertz CT molecular complexity index is 906. The van der Waals surface area contributed by atoms with Crippen LogP contribution < -0.4 is 0 Å². The molecule has 0 bridgehead atoms. The lowest BCUT2D eigenvalue weighted by Gasteiger charge is -2.06. The maximum atomic E-state index is 11.0. The molecule has 1 heterocycles. The van der Waals surface area contributed by atoms with Crippen molar-refractivity contribution < 1.29 is 14.3 Å². The van der Waals surface area contributed by atoms with Crippen LogP contribution >= 0.6 is 11.6 Å². The number of benzene rings is 2. The van der Waals surface area contributed by atoms with E-state index in [1.54, 1.807) is 36.6 Å². The summed E-state index contributed by atoms with van der Waals surface area (Å²) in [5.41, 5.74) is 2.56. The average Bonchev–Trinajstić information content (AvgIpc) is 2.93. The summed E-state index contributed by atoms with van der Waals surface area (Å²) in [5, 5.41) is 19.0. The van der Waals surface area contributed by atoms with Crippen LogP contribution in [0.3, 0.4) is 0 Å². The van der Waals surface area contributed by atoms with E-state index >= 15 is 0 Å². The van der Waals surface area contributed by atoms with Crippen molar-refractivity contribution >= 4 is 28.5 Å². The van der Waals surface area contributed by atoms with E-state index in [4.69, 9.17) is 26.4 Å². The van der Waals surface area contributed by atoms with E-state index in [1.807, 2.05) is 0 Å². The van der Waals surface area contributed by atoms with Crippen molar-refractivity contribution in [3.63, 3.8) is 0 Å². The SMILES string of the molecule is N#Cc1cc(-c2ccc(C(=O)O)c(Cl)c2)c2occc2c1. The molecule has 3 aromatic rings. The first-order valence-corrected chi connectivity index (χ1v) is 6.42. The molecule has 0 spiro atoms. The van der Waals surface area contributed by atoms with E-state index in [-0.39, 0.29) is 10.6 Å². The van der Waals surface area contributed by atoms with Crippen molar-refractivity contribution in [2.45, 2.75) is 0 Å². The zero-order valence-electron chi connectivity index (χ0n) is 10.6. The minimum absolute atomic E-state index is 0.0348. The maximum Gasteiger partial charge on any atom is 0.337 e. The molecule has 0 unspecified atom stereocenters. The summed E-state index contributed by atoms with van der Waals surface area (Å²) >= 11 is 6.00. The van der Waals surface area contributed by atoms with E-state index in [0.717, 1.165) is 5.39 Å². The Morgan fingerprint density at radius 3 is 2.71 bits per heavy atom. The Hall–Kier alpha value is -2.77. The molecule has 102 valence electrons. The summed E-state index contributed by atoms with van der Waals surface area (Å²) in [4.78, 5) is 11.0. The van der Waals surface area contributed by atoms with Gasteiger partial charge in [0, 0.05) is 10.9 Å². The second kappa shape index (κ2) is 4.97. The van der Waals surface area contributed by atoms with Gasteiger partial charge in [-0.2, -0.15) is 5.26 Å². The molecule has 21 heavy (non-hydrogen) atoms. The van der Waals surface area contributed by atoms with E-state index in [1.165, 1.54) is 6.07 Å². The van der Waals surface area contributed by atoms with E-state index < -0.39 is 5.97 Å². The number of nitriles is 1. The maximum absolute atomic E-state index is 11.0. The standard InChI is InChI=1S/C16H8ClNO3/c17-14-7-10(1-2-12(14)16(19)20)13-6-9(8-18)5-11-3-4-21-15(11)13/h1-7H,(H,19,20). The lowest BCUT2D eigenvalue weighted by molar-refractivity contribution is 0.0697. The number of aromatic carboxylic acids is 1. The number of fused-ring (bicyclic) bond motifs is 1. The molecule has 1 aromatic heterocycles. The number of furan rings is 1. The molecule has 0 saturated heterocycles. The van der Waals surface area contributed by atoms with Gasteiger partial charge in [0.25, 0.3) is 0 Å². The molecule has 2 aromatic carbocycles. The first kappa shape index (κ1) is 13.2. The van der Waals surface area contributed by atoms with Gasteiger partial charge in [0.1, 0.15) is 5.58 Å². The number of nitrogens with zero attached hydrogens (tertiary/aromatic N) is 1. The number of hydrogen-bond donors (Lipinski definition) is 1. The lowest BCUT2D eigenvalue weighted by atomic mass is 9.99. The minimum Gasteiger partial charge on any atom is -0.478 e. The number of rotatable bonds is 2. The quantitative estimate of drug-likeness (QED) is 0.764. The van der Waals surface area contributed by atoms with Gasteiger partial charge in [0.15, 0.2) is 0 Å². The highest BCUT2D eigenvalue weighted by Crippen LogP contribution is 2.33. The highest BCUT2D eigenvalue weighted by Gasteiger charge is 2.13. The van der Waals surface area contributed by atoms with Crippen molar-refractivity contribution in [1.29, 1.82) is 5.26 Å². The molecule has 0 fully saturated rings. The molecule has 0 saturated carbocycles. The molecule has 0 aliphatic rings. The predicted octanol–water partition coefficient (Wildman–Crippen LogP) is 4.32. The van der Waals surface area contributed by atoms with E-state index in [0.29, 0.717) is 22.3 Å². The number of hydrogen-bond acceptors (Lipinski definition) is 3. The van der Waals surface area contributed by atoms with Crippen LogP contribution in [0.1, 0.15) is 15.9 Å². The summed E-state index contributed by atoms with van der Waals surface area (Å²) in [5.74, 6) is -1.08. The van der Waals surface area contributed by atoms with Crippen molar-refractivity contribution in [1.82, 2.24) is 0 Å². The Morgan fingerprint density at radius 2 is 2.05 bits per heavy atom. The molecule has 0 atom stereocenters. The molecule has 5 heteroatoms. The minimum atomic E-state index is -1.08. The van der Waals surface area contributed by atoms with Crippen LogP contribution in [0, 0.1) is 11.3 Å². The van der Waals surface area contributed by atoms with Crippen LogP contribution in [0.4, 0.5) is 0 Å². The Morgan fingerprint density at radius 1 is 1.24 bits per heavy atom. The van der Waals surface area contributed by atoms with Gasteiger partial charge >= 0.3 is 5.97 Å². The summed E-state index contributed by atoms with van der Waals surface area (Å²) < 4.78 is 5.45. The Kier molecular flexibility index (Phi) is 3.13. The smallest absolute Gasteiger partial charge is 0.337 e. The van der Waals surface area contributed by atoms with Gasteiger partial charge in [-0.15, -0.1) is 0 Å². The van der Waals surface area contributed by atoms with Gasteiger partial charge in [-0.1, -0.05) is 17.7 Å². The molecular weight excluding hydrogens is 290 g/mol. The van der Waals surface area contributed by atoms with Crippen LogP contribution in [0.15, 0.2) is 47.1 Å². The molecule has 0 aliphatic heterocycles. The molecule has 0 aliphatic carbocycles. The highest BCUT2D eigenvalue weighted by atomic mass is 35.5. The monoisotopic (exact) mass is 297 g/mol. The third kappa shape index (κ3) is 2.24. The molecule has 4 nitrogen and oxygen atoms in total. The number of carboxylic acid groups (broad SMARTS) is 1. The van der Waals surface area contributed by atoms with Crippen molar-refractivity contribution in [2.24, 2.45) is 0 Å². The van der Waals surface area contributed by atoms with E-state index in [9.17, 15) is 4.79 Å². The van der Waals surface area contributed by atoms with Gasteiger partial charge in [0.05, 0.1) is 28.5 Å². The summed E-state index contributed by atoms with van der Waals surface area (Å²) in [6, 6.07) is 11.9. The fourth-order valence-electron chi connectivity index (χ4n) is 2.22. The van der Waals surface area contributed by atoms with Crippen molar-refractivity contribution in [2.75, 3.05) is 0 Å². The lowest BCUT2D eigenvalue weighted by Crippen LogP contribution is -1.97. The van der Waals surface area contributed by atoms with Crippen molar-refractivity contribution in [3.05, 3.63) is 58.8 Å². The first-order valence-electron chi connectivity index (χ1n) is 6.04. The molecule has 0 radical (unpaired) electrons. The third-order valence-electron chi connectivity index (χ3n) is 3.19. The van der Waals surface area contributed by atoms with E-state index in [2.05, 4.69) is 6.07 Å². The summed E-state index contributed by atoms with van der Waals surface area (Å²) in [7, 11) is 0. The zero-order valence-corrected chi connectivity index (χ0v) is 11.4. The summed E-state index contributed by atoms with van der Waals surface area (Å²) in [6.07, 6.45) is 1.54. The Labute approximate surface area is 124 Å². The first-order chi connectivity index (χ1) is 10.1. The van der Waals surface area contributed by atoms with Gasteiger partial charge in [0.2, 0.25) is 0 Å². The molecular formula is C16H8ClNO3. The number of carboxylic acids is 1. The largest absolute Gasteiger partial charge is 0.478 e. The molecule has 3 rings (SSSR count). The van der Waals surface area contributed by atoms with Crippen molar-refractivity contribution in [3.8, 4) is 17.2 Å². The van der Waals surface area contributed by atoms with Gasteiger partial charge in [-0.25, -0.2) is 4.79 Å². The fraction of sp³-hybridized carbons (Fsp3) is 0. The van der Waals surface area contributed by atoms with Gasteiger partial charge in [-0.3, -0.25) is 0 Å². The van der Waals surface area contributed by atoms with Crippen LogP contribution in [0.2, 0.25) is 5.02 Å². The van der Waals surface area contributed by atoms with Gasteiger partial charge in [-0.05, 0) is 35.9 Å². The topological polar surface area (TPSA) is 74.2 Å². The van der Waals surface area contributed by atoms with Crippen LogP contribution in [0.5, 0.6) is 0 Å². The third-order valence-corrected chi connectivity index (χ3v) is 3.50. The molecule has 1 N–H and O–H groups in total. The average molecular weight is 298 g/mol. The summed E-state index contributed by atoms with van der Waals surface area (Å²) in [6.45, 7) is 0. The van der Waals surface area contributed by atoms with Crippen LogP contribution in [-0.2, 0) is 0 Å². The number of carbonyl (C=O) groups is 1. The van der Waals surface area contributed by atoms with Gasteiger partial charge < -0.3 is 9.52 Å². The second-order valence-corrected chi connectivity index (χ2v) is 4.88. The predicted molar refractivity (Wildman–Crippen MR) is 78.3 cm³/mol. The Balaban J connectivity index is 2.25. The van der Waals surface area contributed by atoms with Crippen LogP contribution in [0.25, 0.3) is 22.1 Å².